The van der Waals surface area contributed by atoms with Gasteiger partial charge in [-0.15, -0.1) is 10.2 Å². The van der Waals surface area contributed by atoms with Gasteiger partial charge in [-0.05, 0) is 61.6 Å². The zero-order chi connectivity index (χ0) is 22.5. The van der Waals surface area contributed by atoms with Crippen LogP contribution in [0, 0.1) is 13.8 Å². The second kappa shape index (κ2) is 10.0. The first-order valence-corrected chi connectivity index (χ1v) is 11.4. The van der Waals surface area contributed by atoms with Crippen molar-refractivity contribution in [3.8, 4) is 5.75 Å². The number of carbonyl (C=O) groups excluding carboxylic acids is 1. The van der Waals surface area contributed by atoms with Gasteiger partial charge in [0.1, 0.15) is 5.75 Å². The number of nitrogens with zero attached hydrogens (tertiary/aromatic N) is 3. The number of carbonyl (C=O) groups is 1. The van der Waals surface area contributed by atoms with Gasteiger partial charge in [0.25, 0.3) is 0 Å². The molecule has 1 unspecified atom stereocenters. The largest absolute Gasteiger partial charge is 0.483 e. The molecule has 3 rings (SSSR count). The van der Waals surface area contributed by atoms with Crippen LogP contribution in [0.3, 0.4) is 0 Å². The molecule has 0 fully saturated rings. The Kier molecular flexibility index (Phi) is 7.38. The summed E-state index contributed by atoms with van der Waals surface area (Å²) in [5.41, 5.74) is 4.27. The summed E-state index contributed by atoms with van der Waals surface area (Å²) in [7, 11) is 1.89. The number of anilines is 1. The van der Waals surface area contributed by atoms with E-state index in [-0.39, 0.29) is 17.8 Å². The van der Waals surface area contributed by atoms with Crippen molar-refractivity contribution < 1.29 is 9.53 Å². The van der Waals surface area contributed by atoms with Crippen molar-refractivity contribution >= 4 is 23.4 Å². The van der Waals surface area contributed by atoms with Crippen LogP contribution >= 0.6 is 11.8 Å². The van der Waals surface area contributed by atoms with Gasteiger partial charge < -0.3 is 14.6 Å². The Morgan fingerprint density at radius 1 is 1.10 bits per heavy atom. The molecule has 0 saturated heterocycles. The second-order valence-corrected chi connectivity index (χ2v) is 8.98. The second-order valence-electron chi connectivity index (χ2n) is 8.04. The van der Waals surface area contributed by atoms with E-state index in [0.717, 1.165) is 22.6 Å². The molecule has 7 heteroatoms. The highest BCUT2D eigenvalue weighted by molar-refractivity contribution is 7.99. The lowest BCUT2D eigenvalue weighted by molar-refractivity contribution is -0.113. The van der Waals surface area contributed by atoms with Crippen LogP contribution in [0.2, 0.25) is 0 Å². The molecule has 0 spiro atoms. The Morgan fingerprint density at radius 2 is 1.81 bits per heavy atom. The molecule has 1 atom stereocenters. The number of hydrogen-bond donors (Lipinski definition) is 1. The molecule has 31 heavy (non-hydrogen) atoms. The molecule has 0 radical (unpaired) electrons. The van der Waals surface area contributed by atoms with Crippen LogP contribution in [-0.4, -0.2) is 26.4 Å². The van der Waals surface area contributed by atoms with Gasteiger partial charge in [0.2, 0.25) is 5.91 Å². The van der Waals surface area contributed by atoms with E-state index in [2.05, 4.69) is 41.5 Å². The van der Waals surface area contributed by atoms with Crippen LogP contribution < -0.4 is 10.1 Å². The maximum absolute atomic E-state index is 12.4. The number of thioether (sulfide) groups is 1. The molecule has 2 aromatic carbocycles. The highest BCUT2D eigenvalue weighted by atomic mass is 32.2. The number of aryl methyl sites for hydroxylation is 2. The number of hydrogen-bond acceptors (Lipinski definition) is 5. The number of rotatable bonds is 8. The number of nitrogens with one attached hydrogen (secondary N) is 1. The summed E-state index contributed by atoms with van der Waals surface area (Å²) in [5.74, 6) is 2.17. The van der Waals surface area contributed by atoms with Gasteiger partial charge in [-0.3, -0.25) is 4.79 Å². The molecule has 1 amide bonds. The standard InChI is InChI=1S/C24H30N4O2S/c1-15(2)19-9-11-20(12-10-19)30-18(5)23-26-27-24(28(23)6)31-14-22(29)25-21-13-16(3)7-8-17(21)4/h7-13,15,18H,14H2,1-6H3,(H,25,29). The van der Waals surface area contributed by atoms with Crippen LogP contribution in [0.25, 0.3) is 0 Å². The molecule has 0 aliphatic rings. The van der Waals surface area contributed by atoms with Crippen LogP contribution in [0.1, 0.15) is 55.3 Å². The van der Waals surface area contributed by atoms with Gasteiger partial charge in [0, 0.05) is 12.7 Å². The third kappa shape index (κ3) is 5.88. The molecule has 0 aliphatic heterocycles. The molecule has 1 heterocycles. The molecule has 164 valence electrons. The Bertz CT molecular complexity index is 1040. The summed E-state index contributed by atoms with van der Waals surface area (Å²) in [6.45, 7) is 10.3. The van der Waals surface area contributed by atoms with Gasteiger partial charge in [0.05, 0.1) is 5.75 Å². The summed E-state index contributed by atoms with van der Waals surface area (Å²) in [6, 6.07) is 14.1. The molecule has 6 nitrogen and oxygen atoms in total. The highest BCUT2D eigenvalue weighted by Gasteiger charge is 2.18. The van der Waals surface area contributed by atoms with Crippen molar-refractivity contribution in [2.24, 2.45) is 7.05 Å². The molecule has 3 aromatic rings. The van der Waals surface area contributed by atoms with E-state index in [1.165, 1.54) is 17.3 Å². The van der Waals surface area contributed by atoms with Gasteiger partial charge in [-0.1, -0.05) is 49.9 Å². The van der Waals surface area contributed by atoms with Gasteiger partial charge in [-0.25, -0.2) is 0 Å². The lowest BCUT2D eigenvalue weighted by atomic mass is 10.0. The Hall–Kier alpha value is -2.80. The van der Waals surface area contributed by atoms with Crippen molar-refractivity contribution in [3.05, 3.63) is 65.0 Å². The van der Waals surface area contributed by atoms with Crippen LogP contribution in [0.15, 0.2) is 47.6 Å². The summed E-state index contributed by atoms with van der Waals surface area (Å²) in [5, 5.41) is 12.2. The Morgan fingerprint density at radius 3 is 2.48 bits per heavy atom. The smallest absolute Gasteiger partial charge is 0.234 e. The van der Waals surface area contributed by atoms with E-state index in [1.807, 2.05) is 62.7 Å². The average molecular weight is 439 g/mol. The molecular weight excluding hydrogens is 408 g/mol. The summed E-state index contributed by atoms with van der Waals surface area (Å²) >= 11 is 1.36. The third-order valence-corrected chi connectivity index (χ3v) is 6.11. The van der Waals surface area contributed by atoms with E-state index in [1.54, 1.807) is 0 Å². The molecular formula is C24H30N4O2S. The van der Waals surface area contributed by atoms with Crippen molar-refractivity contribution in [1.82, 2.24) is 14.8 Å². The SMILES string of the molecule is Cc1ccc(C)c(NC(=O)CSc2nnc(C(C)Oc3ccc(C(C)C)cc3)n2C)c1. The average Bonchev–Trinajstić information content (AvgIpc) is 3.10. The van der Waals surface area contributed by atoms with Crippen LogP contribution in [0.5, 0.6) is 5.75 Å². The first-order valence-electron chi connectivity index (χ1n) is 10.4. The zero-order valence-electron chi connectivity index (χ0n) is 19.0. The molecule has 1 N–H and O–H groups in total. The maximum Gasteiger partial charge on any atom is 0.234 e. The summed E-state index contributed by atoms with van der Waals surface area (Å²) < 4.78 is 7.92. The number of ether oxygens (including phenoxy) is 1. The normalized spacial score (nSPS) is 12.1. The minimum atomic E-state index is -0.263. The molecule has 1 aromatic heterocycles. The number of amides is 1. The monoisotopic (exact) mass is 438 g/mol. The predicted molar refractivity (Wildman–Crippen MR) is 126 cm³/mol. The fourth-order valence-electron chi connectivity index (χ4n) is 3.18. The number of aromatic nitrogens is 3. The number of benzene rings is 2. The minimum absolute atomic E-state index is 0.0715. The first-order chi connectivity index (χ1) is 14.7. The summed E-state index contributed by atoms with van der Waals surface area (Å²) in [4.78, 5) is 12.4. The highest BCUT2D eigenvalue weighted by Crippen LogP contribution is 2.25. The van der Waals surface area contributed by atoms with Gasteiger partial charge in [-0.2, -0.15) is 0 Å². The molecule has 0 bridgehead atoms. The predicted octanol–water partition coefficient (Wildman–Crippen LogP) is 5.43. The Labute approximate surface area is 188 Å². The maximum atomic E-state index is 12.4. The lowest BCUT2D eigenvalue weighted by Gasteiger charge is -2.15. The van der Waals surface area contributed by atoms with Crippen LogP contribution in [-0.2, 0) is 11.8 Å². The van der Waals surface area contributed by atoms with Crippen molar-refractivity contribution in [3.63, 3.8) is 0 Å². The van der Waals surface area contributed by atoms with Crippen molar-refractivity contribution in [2.45, 2.75) is 51.8 Å². The van der Waals surface area contributed by atoms with Crippen molar-refractivity contribution in [1.29, 1.82) is 0 Å². The van der Waals surface area contributed by atoms with E-state index >= 15 is 0 Å². The lowest BCUT2D eigenvalue weighted by Crippen LogP contribution is -2.15. The topological polar surface area (TPSA) is 69.0 Å². The Balaban J connectivity index is 1.59. The van der Waals surface area contributed by atoms with Crippen molar-refractivity contribution in [2.75, 3.05) is 11.1 Å². The van der Waals surface area contributed by atoms with Gasteiger partial charge >= 0.3 is 0 Å². The van der Waals surface area contributed by atoms with Gasteiger partial charge in [0.15, 0.2) is 17.1 Å². The fraction of sp³-hybridized carbons (Fsp3) is 0.375. The van der Waals surface area contributed by atoms with E-state index in [9.17, 15) is 4.79 Å². The minimum Gasteiger partial charge on any atom is -0.483 e. The molecule has 0 saturated carbocycles. The van der Waals surface area contributed by atoms with E-state index < -0.39 is 0 Å². The summed E-state index contributed by atoms with van der Waals surface area (Å²) in [6.07, 6.45) is -0.263. The van der Waals surface area contributed by atoms with Crippen LogP contribution in [0.4, 0.5) is 5.69 Å². The third-order valence-electron chi connectivity index (χ3n) is 5.09. The quantitative estimate of drug-likeness (QED) is 0.475. The van der Waals surface area contributed by atoms with E-state index in [0.29, 0.717) is 16.9 Å². The first kappa shape index (κ1) is 22.9. The fourth-order valence-corrected chi connectivity index (χ4v) is 3.90. The molecule has 0 aliphatic carbocycles. The zero-order valence-corrected chi connectivity index (χ0v) is 19.8. The van der Waals surface area contributed by atoms with E-state index in [4.69, 9.17) is 4.74 Å².